The molecule has 12 nitrogen and oxygen atoms in total. The van der Waals surface area contributed by atoms with Crippen LogP contribution in [0.4, 0.5) is 0 Å². The summed E-state index contributed by atoms with van der Waals surface area (Å²) in [4.78, 5) is 46.0. The average molecular weight is 854 g/mol. The van der Waals surface area contributed by atoms with E-state index in [4.69, 9.17) is 24.8 Å². The van der Waals surface area contributed by atoms with Gasteiger partial charge in [-0.1, -0.05) is 152 Å². The molecule has 0 aliphatic carbocycles. The first-order valence-corrected chi connectivity index (χ1v) is 23.9. The van der Waals surface area contributed by atoms with Crippen molar-refractivity contribution in [2.24, 2.45) is 5.73 Å². The van der Waals surface area contributed by atoms with Crippen molar-refractivity contribution in [3.63, 3.8) is 0 Å². The zero-order valence-corrected chi connectivity index (χ0v) is 37.3. The molecule has 0 fully saturated rings. The van der Waals surface area contributed by atoms with E-state index in [0.29, 0.717) is 19.3 Å². The highest BCUT2D eigenvalue weighted by atomic mass is 31.2. The molecule has 0 heterocycles. The van der Waals surface area contributed by atoms with Crippen molar-refractivity contribution in [2.45, 2.75) is 193 Å². The van der Waals surface area contributed by atoms with Gasteiger partial charge in [-0.2, -0.15) is 0 Å². The van der Waals surface area contributed by atoms with Crippen LogP contribution in [-0.4, -0.2) is 71.1 Å². The van der Waals surface area contributed by atoms with Crippen LogP contribution in [0.15, 0.2) is 60.8 Å². The number of nitrogens with two attached hydrogens (primary N) is 1. The third-order valence-electron chi connectivity index (χ3n) is 9.34. The van der Waals surface area contributed by atoms with Crippen molar-refractivity contribution in [3.8, 4) is 0 Å². The number of carbonyl (C=O) groups excluding carboxylic acids is 2. The second-order valence-electron chi connectivity index (χ2n) is 15.0. The number of hydrogen-bond acceptors (Lipinski definition) is 10. The van der Waals surface area contributed by atoms with Crippen molar-refractivity contribution in [1.29, 1.82) is 0 Å². The maximum atomic E-state index is 12.6. The van der Waals surface area contributed by atoms with Crippen LogP contribution in [-0.2, 0) is 37.5 Å². The van der Waals surface area contributed by atoms with Gasteiger partial charge >= 0.3 is 25.7 Å². The van der Waals surface area contributed by atoms with E-state index in [9.17, 15) is 28.9 Å². The summed E-state index contributed by atoms with van der Waals surface area (Å²) in [5.41, 5.74) is 5.32. The van der Waals surface area contributed by atoms with Gasteiger partial charge in [0.2, 0.25) is 0 Å². The normalized spacial score (nSPS) is 14.8. The number of allylic oxidation sites excluding steroid dienone is 9. The Labute approximate surface area is 356 Å². The Bertz CT molecular complexity index is 1250. The largest absolute Gasteiger partial charge is 0.480 e. The molecule has 4 atom stereocenters. The summed E-state index contributed by atoms with van der Waals surface area (Å²) < 4.78 is 32.6. The summed E-state index contributed by atoms with van der Waals surface area (Å²) >= 11 is 0. The van der Waals surface area contributed by atoms with Crippen LogP contribution in [0.1, 0.15) is 174 Å². The molecule has 0 aromatic rings. The summed E-state index contributed by atoms with van der Waals surface area (Å²) in [5.74, 6) is -2.61. The van der Waals surface area contributed by atoms with E-state index in [1.54, 1.807) is 12.2 Å². The molecule has 0 amide bonds. The van der Waals surface area contributed by atoms with Gasteiger partial charge in [0.15, 0.2) is 6.10 Å². The van der Waals surface area contributed by atoms with E-state index >= 15 is 0 Å². The van der Waals surface area contributed by atoms with E-state index in [2.05, 4.69) is 54.8 Å². The monoisotopic (exact) mass is 854 g/mol. The van der Waals surface area contributed by atoms with Gasteiger partial charge in [0.05, 0.1) is 19.3 Å². The number of esters is 2. The topological polar surface area (TPSA) is 192 Å². The molecule has 0 bridgehead atoms. The summed E-state index contributed by atoms with van der Waals surface area (Å²) in [5, 5.41) is 19.2. The second-order valence-corrected chi connectivity index (χ2v) is 16.5. The molecule has 340 valence electrons. The van der Waals surface area contributed by atoms with Gasteiger partial charge in [-0.25, -0.2) is 4.57 Å². The fraction of sp³-hybridized carbons (Fsp3) is 0.717. The predicted molar refractivity (Wildman–Crippen MR) is 237 cm³/mol. The number of phosphoric ester groups is 1. The molecule has 59 heavy (non-hydrogen) atoms. The number of hydrogen-bond donors (Lipinski definition) is 4. The molecule has 0 spiro atoms. The number of aliphatic hydroxyl groups excluding tert-OH is 1. The maximum Gasteiger partial charge on any atom is 0.472 e. The molecule has 0 aromatic heterocycles. The second kappa shape index (κ2) is 40.5. The highest BCUT2D eigenvalue weighted by molar-refractivity contribution is 7.47. The zero-order valence-electron chi connectivity index (χ0n) is 36.4. The number of aliphatic hydroxyl groups is 1. The number of carboxylic acids is 1. The number of phosphoric acid groups is 1. The first-order chi connectivity index (χ1) is 28.5. The van der Waals surface area contributed by atoms with Crippen LogP contribution in [0.2, 0.25) is 0 Å². The van der Waals surface area contributed by atoms with Crippen LogP contribution in [0, 0.1) is 0 Å². The van der Waals surface area contributed by atoms with Crippen LogP contribution in [0.3, 0.4) is 0 Å². The van der Waals surface area contributed by atoms with E-state index in [1.807, 2.05) is 12.2 Å². The van der Waals surface area contributed by atoms with Crippen molar-refractivity contribution < 1.29 is 52.6 Å². The third-order valence-corrected chi connectivity index (χ3v) is 10.3. The number of carbonyl (C=O) groups is 3. The Morgan fingerprint density at radius 3 is 1.73 bits per heavy atom. The molecular weight excluding hydrogens is 773 g/mol. The zero-order chi connectivity index (χ0) is 43.7. The lowest BCUT2D eigenvalue weighted by atomic mass is 10.1. The summed E-state index contributed by atoms with van der Waals surface area (Å²) in [7, 11) is -4.77. The standard InChI is InChI=1S/C46H80NO11P/c1-3-5-7-9-11-13-15-17-18-19-20-22-24-26-28-30-32-36-44(49)55-38-42(39-56-59(53,54)57-40-43(47)46(51)52)58-45(50)37-33-35-41(48)34-31-29-27-25-23-21-16-14-12-10-8-6-4-2/h12,14,17-18,21,23,27,29,31,34,41-43,48H,3-11,13,15-16,19-20,22,24-26,28,30,32-33,35-40,47H2,1-2H3,(H,51,52)(H,53,54)/b14-12-,18-17-,23-21-,29-27-,34-31+/t41-,42+,43-/m0/s1. The minimum atomic E-state index is -4.77. The van der Waals surface area contributed by atoms with Crippen molar-refractivity contribution >= 4 is 25.7 Å². The Kier molecular flexibility index (Phi) is 38.6. The van der Waals surface area contributed by atoms with Gasteiger partial charge in [-0.15, -0.1) is 0 Å². The van der Waals surface area contributed by atoms with Crippen molar-refractivity contribution in [2.75, 3.05) is 19.8 Å². The Morgan fingerprint density at radius 1 is 0.610 bits per heavy atom. The van der Waals surface area contributed by atoms with Crippen LogP contribution < -0.4 is 5.73 Å². The Hall–Kier alpha value is -2.86. The number of ether oxygens (including phenoxy) is 2. The van der Waals surface area contributed by atoms with Gasteiger partial charge in [0, 0.05) is 12.8 Å². The quantitative estimate of drug-likeness (QED) is 0.0150. The van der Waals surface area contributed by atoms with E-state index in [0.717, 1.165) is 51.4 Å². The molecule has 0 radical (unpaired) electrons. The summed E-state index contributed by atoms with van der Waals surface area (Å²) in [6.07, 6.45) is 43.1. The van der Waals surface area contributed by atoms with Gasteiger partial charge in [-0.3, -0.25) is 23.4 Å². The van der Waals surface area contributed by atoms with Crippen molar-refractivity contribution in [3.05, 3.63) is 60.8 Å². The molecule has 0 aliphatic rings. The molecule has 0 saturated carbocycles. The molecule has 0 rings (SSSR count). The smallest absolute Gasteiger partial charge is 0.472 e. The Balaban J connectivity index is 4.55. The molecular formula is C46H80NO11P. The number of carboxylic acid groups (broad SMARTS) is 1. The van der Waals surface area contributed by atoms with E-state index in [1.165, 1.54) is 77.0 Å². The van der Waals surface area contributed by atoms with Gasteiger partial charge in [-0.05, 0) is 70.6 Å². The highest BCUT2D eigenvalue weighted by Crippen LogP contribution is 2.43. The van der Waals surface area contributed by atoms with Crippen LogP contribution in [0.5, 0.6) is 0 Å². The number of rotatable bonds is 41. The lowest BCUT2D eigenvalue weighted by Crippen LogP contribution is -2.34. The van der Waals surface area contributed by atoms with Crippen LogP contribution >= 0.6 is 7.82 Å². The minimum Gasteiger partial charge on any atom is -0.480 e. The lowest BCUT2D eigenvalue weighted by molar-refractivity contribution is -0.161. The Morgan fingerprint density at radius 2 is 1.10 bits per heavy atom. The fourth-order valence-electron chi connectivity index (χ4n) is 5.75. The molecule has 13 heteroatoms. The number of unbranched alkanes of at least 4 members (excludes halogenated alkanes) is 16. The fourth-order valence-corrected chi connectivity index (χ4v) is 6.53. The molecule has 5 N–H and O–H groups in total. The van der Waals surface area contributed by atoms with Gasteiger partial charge < -0.3 is 30.3 Å². The van der Waals surface area contributed by atoms with Crippen LogP contribution in [0.25, 0.3) is 0 Å². The summed E-state index contributed by atoms with van der Waals surface area (Å²) in [6, 6.07) is -1.55. The van der Waals surface area contributed by atoms with E-state index in [-0.39, 0.29) is 12.8 Å². The van der Waals surface area contributed by atoms with Gasteiger partial charge in [0.25, 0.3) is 0 Å². The first kappa shape index (κ1) is 56.1. The van der Waals surface area contributed by atoms with E-state index < -0.39 is 63.8 Å². The lowest BCUT2D eigenvalue weighted by Gasteiger charge is -2.20. The highest BCUT2D eigenvalue weighted by Gasteiger charge is 2.28. The maximum absolute atomic E-state index is 12.6. The molecule has 0 aromatic carbocycles. The average Bonchev–Trinajstić information content (AvgIpc) is 3.20. The summed E-state index contributed by atoms with van der Waals surface area (Å²) in [6.45, 7) is 2.57. The molecule has 1 unspecified atom stereocenters. The first-order valence-electron chi connectivity index (χ1n) is 22.4. The third kappa shape index (κ3) is 40.3. The number of aliphatic carboxylic acids is 1. The molecule has 0 saturated heterocycles. The molecule has 0 aliphatic heterocycles. The van der Waals surface area contributed by atoms with Gasteiger partial charge in [0.1, 0.15) is 12.6 Å². The predicted octanol–water partition coefficient (Wildman–Crippen LogP) is 10.9. The SMILES string of the molecule is CCCCC/C=C\C/C=C\C/C=C\C=C\[C@H](O)CCCC(=O)O[C@H](COC(=O)CCCCCCCCC/C=C\CCCCCCCC)COP(=O)(O)OC[C@H](N)C(=O)O. The van der Waals surface area contributed by atoms with Crippen molar-refractivity contribution in [1.82, 2.24) is 0 Å². The minimum absolute atomic E-state index is 0.0697.